The summed E-state index contributed by atoms with van der Waals surface area (Å²) in [5, 5.41) is 0.472. The summed E-state index contributed by atoms with van der Waals surface area (Å²) in [5.74, 6) is 0.502. The quantitative estimate of drug-likeness (QED) is 0.881. The van der Waals surface area contributed by atoms with Gasteiger partial charge in [-0.1, -0.05) is 0 Å². The summed E-state index contributed by atoms with van der Waals surface area (Å²) in [7, 11) is 0. The zero-order valence-electron chi connectivity index (χ0n) is 10.8. The fraction of sp³-hybridized carbons (Fsp3) is 0.231. The molecule has 2 rings (SSSR count). The minimum absolute atomic E-state index is 0.176. The van der Waals surface area contributed by atoms with Gasteiger partial charge in [-0.25, -0.2) is 4.98 Å². The van der Waals surface area contributed by atoms with Crippen LogP contribution in [0.25, 0.3) is 0 Å². The van der Waals surface area contributed by atoms with Crippen molar-refractivity contribution in [3.63, 3.8) is 0 Å². The second-order valence-electron chi connectivity index (χ2n) is 4.23. The molecule has 112 valence electrons. The lowest BCUT2D eigenvalue weighted by Crippen LogP contribution is -2.19. The number of nitrogen functional groups attached to an aromatic ring is 1. The van der Waals surface area contributed by atoms with E-state index in [1.165, 1.54) is 40.7 Å². The van der Waals surface area contributed by atoms with Gasteiger partial charge in [0, 0.05) is 36.4 Å². The third kappa shape index (κ3) is 4.25. The standard InChI is InChI=1S/C13H12F3N3OS/c14-13(15,16)9-1-3-11(18-7-9)21-6-5-19-8-10(17)2-4-12(19)20/h1-4,7-8H,5-6,17H2. The summed E-state index contributed by atoms with van der Waals surface area (Å²) in [6.45, 7) is 0.400. The van der Waals surface area contributed by atoms with E-state index in [-0.39, 0.29) is 5.56 Å². The number of aryl methyl sites for hydroxylation is 1. The lowest BCUT2D eigenvalue weighted by atomic mass is 10.3. The molecule has 0 atom stereocenters. The van der Waals surface area contributed by atoms with Crippen LogP contribution in [0.3, 0.4) is 0 Å². The number of thioether (sulfide) groups is 1. The van der Waals surface area contributed by atoms with Crippen LogP contribution in [0.2, 0.25) is 0 Å². The zero-order valence-corrected chi connectivity index (χ0v) is 11.6. The maximum Gasteiger partial charge on any atom is 0.417 e. The van der Waals surface area contributed by atoms with E-state index < -0.39 is 11.7 Å². The van der Waals surface area contributed by atoms with Crippen molar-refractivity contribution in [2.45, 2.75) is 17.7 Å². The van der Waals surface area contributed by atoms with Crippen LogP contribution >= 0.6 is 11.8 Å². The maximum absolute atomic E-state index is 12.4. The first-order valence-corrected chi connectivity index (χ1v) is 6.97. The highest BCUT2D eigenvalue weighted by Gasteiger charge is 2.30. The predicted molar refractivity (Wildman–Crippen MR) is 75.1 cm³/mol. The monoisotopic (exact) mass is 315 g/mol. The molecule has 0 fully saturated rings. The minimum atomic E-state index is -4.38. The molecule has 2 aromatic rings. The van der Waals surface area contributed by atoms with Crippen molar-refractivity contribution in [1.29, 1.82) is 0 Å². The zero-order chi connectivity index (χ0) is 15.5. The van der Waals surface area contributed by atoms with Crippen LogP contribution in [-0.2, 0) is 12.7 Å². The third-order valence-electron chi connectivity index (χ3n) is 2.65. The number of alkyl halides is 3. The van der Waals surface area contributed by atoms with Gasteiger partial charge < -0.3 is 10.3 Å². The van der Waals surface area contributed by atoms with Gasteiger partial charge in [-0.2, -0.15) is 13.2 Å². The molecule has 2 aromatic heterocycles. The predicted octanol–water partition coefficient (Wildman–Crippen LogP) is 2.64. The number of anilines is 1. The lowest BCUT2D eigenvalue weighted by molar-refractivity contribution is -0.137. The average molecular weight is 315 g/mol. The Hall–Kier alpha value is -1.96. The Morgan fingerprint density at radius 1 is 1.24 bits per heavy atom. The van der Waals surface area contributed by atoms with E-state index in [1.54, 1.807) is 0 Å². The van der Waals surface area contributed by atoms with Gasteiger partial charge in [0.25, 0.3) is 5.56 Å². The molecule has 0 aliphatic rings. The van der Waals surface area contributed by atoms with Crippen LogP contribution in [0.4, 0.5) is 18.9 Å². The number of hydrogen-bond donors (Lipinski definition) is 1. The van der Waals surface area contributed by atoms with Gasteiger partial charge in [0.2, 0.25) is 0 Å². The largest absolute Gasteiger partial charge is 0.417 e. The van der Waals surface area contributed by atoms with Crippen LogP contribution in [0.1, 0.15) is 5.56 Å². The summed E-state index contributed by atoms with van der Waals surface area (Å²) >= 11 is 1.27. The molecule has 21 heavy (non-hydrogen) atoms. The molecular weight excluding hydrogens is 303 g/mol. The Balaban J connectivity index is 1.95. The van der Waals surface area contributed by atoms with Crippen molar-refractivity contribution in [3.8, 4) is 0 Å². The number of nitrogens with two attached hydrogens (primary N) is 1. The molecule has 0 saturated carbocycles. The number of hydrogen-bond acceptors (Lipinski definition) is 4. The van der Waals surface area contributed by atoms with Crippen LogP contribution in [0.5, 0.6) is 0 Å². The first-order valence-electron chi connectivity index (χ1n) is 5.98. The van der Waals surface area contributed by atoms with E-state index in [2.05, 4.69) is 4.98 Å². The summed E-state index contributed by atoms with van der Waals surface area (Å²) in [6.07, 6.45) is -2.05. The summed E-state index contributed by atoms with van der Waals surface area (Å²) in [5.41, 5.74) is 5.11. The maximum atomic E-state index is 12.4. The molecule has 0 bridgehead atoms. The molecule has 8 heteroatoms. The molecular formula is C13H12F3N3OS. The highest BCUT2D eigenvalue weighted by Crippen LogP contribution is 2.29. The van der Waals surface area contributed by atoms with Crippen molar-refractivity contribution in [2.24, 2.45) is 0 Å². The summed E-state index contributed by atoms with van der Waals surface area (Å²) in [6, 6.07) is 5.19. The number of nitrogens with zero attached hydrogens (tertiary/aromatic N) is 2. The van der Waals surface area contributed by atoms with Crippen molar-refractivity contribution >= 4 is 17.4 Å². The topological polar surface area (TPSA) is 60.9 Å². The van der Waals surface area contributed by atoms with Gasteiger partial charge in [-0.15, -0.1) is 11.8 Å². The molecule has 0 amide bonds. The van der Waals surface area contributed by atoms with E-state index in [1.807, 2.05) is 0 Å². The molecule has 0 aromatic carbocycles. The van der Waals surface area contributed by atoms with Gasteiger partial charge in [-0.3, -0.25) is 4.79 Å². The van der Waals surface area contributed by atoms with Gasteiger partial charge in [-0.05, 0) is 18.2 Å². The van der Waals surface area contributed by atoms with Crippen molar-refractivity contribution < 1.29 is 13.2 Å². The molecule has 4 nitrogen and oxygen atoms in total. The summed E-state index contributed by atoms with van der Waals surface area (Å²) in [4.78, 5) is 15.3. The Morgan fingerprint density at radius 3 is 2.62 bits per heavy atom. The summed E-state index contributed by atoms with van der Waals surface area (Å²) < 4.78 is 38.6. The number of pyridine rings is 2. The number of rotatable bonds is 4. The molecule has 0 spiro atoms. The van der Waals surface area contributed by atoms with E-state index in [0.717, 1.165) is 12.3 Å². The molecule has 2 N–H and O–H groups in total. The minimum Gasteiger partial charge on any atom is -0.398 e. The van der Waals surface area contributed by atoms with Crippen LogP contribution in [0.15, 0.2) is 46.5 Å². The van der Waals surface area contributed by atoms with E-state index in [9.17, 15) is 18.0 Å². The van der Waals surface area contributed by atoms with Crippen LogP contribution in [-0.4, -0.2) is 15.3 Å². The van der Waals surface area contributed by atoms with Crippen molar-refractivity contribution in [3.05, 3.63) is 52.6 Å². The first kappa shape index (κ1) is 15.4. The highest BCUT2D eigenvalue weighted by molar-refractivity contribution is 7.99. The van der Waals surface area contributed by atoms with Gasteiger partial charge in [0.05, 0.1) is 10.6 Å². The Morgan fingerprint density at radius 2 is 2.00 bits per heavy atom. The van der Waals surface area contributed by atoms with E-state index in [4.69, 9.17) is 5.73 Å². The van der Waals surface area contributed by atoms with Gasteiger partial charge in [0.15, 0.2) is 0 Å². The molecule has 2 heterocycles. The van der Waals surface area contributed by atoms with Crippen LogP contribution < -0.4 is 11.3 Å². The van der Waals surface area contributed by atoms with Gasteiger partial charge >= 0.3 is 6.18 Å². The van der Waals surface area contributed by atoms with Gasteiger partial charge in [0.1, 0.15) is 0 Å². The smallest absolute Gasteiger partial charge is 0.398 e. The molecule has 0 radical (unpaired) electrons. The average Bonchev–Trinajstić information content (AvgIpc) is 2.42. The van der Waals surface area contributed by atoms with E-state index >= 15 is 0 Å². The number of aromatic nitrogens is 2. The fourth-order valence-corrected chi connectivity index (χ4v) is 2.40. The lowest BCUT2D eigenvalue weighted by Gasteiger charge is -2.08. The molecule has 0 aliphatic carbocycles. The molecule has 0 saturated heterocycles. The second-order valence-corrected chi connectivity index (χ2v) is 5.34. The Kier molecular flexibility index (Phi) is 4.56. The highest BCUT2D eigenvalue weighted by atomic mass is 32.2. The fourth-order valence-electron chi connectivity index (χ4n) is 1.61. The van der Waals surface area contributed by atoms with E-state index in [0.29, 0.717) is 23.0 Å². The normalized spacial score (nSPS) is 11.6. The number of halogens is 3. The third-order valence-corrected chi connectivity index (χ3v) is 3.58. The Bertz CT molecular complexity index is 668. The van der Waals surface area contributed by atoms with Crippen LogP contribution in [0, 0.1) is 0 Å². The molecule has 0 unspecified atom stereocenters. The SMILES string of the molecule is Nc1ccc(=O)n(CCSc2ccc(C(F)(F)F)cn2)c1. The Labute approximate surface area is 122 Å². The molecule has 0 aliphatic heterocycles. The first-order chi connectivity index (χ1) is 9.86. The van der Waals surface area contributed by atoms with Crippen molar-refractivity contribution in [2.75, 3.05) is 11.5 Å². The second kappa shape index (κ2) is 6.21. The van der Waals surface area contributed by atoms with Crippen molar-refractivity contribution in [1.82, 2.24) is 9.55 Å².